The smallest absolute Gasteiger partial charge is 0.328 e. The maximum Gasteiger partial charge on any atom is 0.328 e. The number of aryl methyl sites for hydroxylation is 1. The second-order valence-electron chi connectivity index (χ2n) is 6.68. The van der Waals surface area contributed by atoms with Crippen LogP contribution < -0.4 is 5.32 Å². The molecule has 0 spiro atoms. The minimum atomic E-state index is -1.26. The second-order valence-corrected chi connectivity index (χ2v) is 6.68. The van der Waals surface area contributed by atoms with Gasteiger partial charge in [0.2, 0.25) is 0 Å². The lowest BCUT2D eigenvalue weighted by molar-refractivity contribution is -0.134. The Hall–Kier alpha value is -2.63. The Bertz CT molecular complexity index is 697. The number of aliphatic imine (C=N–C) groups is 1. The van der Waals surface area contributed by atoms with Gasteiger partial charge >= 0.3 is 11.9 Å². The van der Waals surface area contributed by atoms with Gasteiger partial charge in [0.15, 0.2) is 0 Å². The van der Waals surface area contributed by atoms with Gasteiger partial charge < -0.3 is 15.5 Å². The largest absolute Gasteiger partial charge is 0.478 e. The summed E-state index contributed by atoms with van der Waals surface area (Å²) in [5, 5.41) is 18.8. The van der Waals surface area contributed by atoms with Crippen LogP contribution in [0.25, 0.3) is 0 Å². The van der Waals surface area contributed by atoms with E-state index < -0.39 is 11.9 Å². The lowest BCUT2D eigenvalue weighted by Crippen LogP contribution is -2.16. The highest BCUT2D eigenvalue weighted by atomic mass is 16.4. The molecule has 0 saturated heterocycles. The molecule has 132 valence electrons. The first-order valence-electron chi connectivity index (χ1n) is 8.53. The molecule has 4 rings (SSSR count). The molecule has 2 aliphatic carbocycles. The minimum Gasteiger partial charge on any atom is -0.478 e. The van der Waals surface area contributed by atoms with Crippen molar-refractivity contribution in [2.75, 3.05) is 6.54 Å². The van der Waals surface area contributed by atoms with E-state index >= 15 is 0 Å². The average molecular weight is 342 g/mol. The van der Waals surface area contributed by atoms with Gasteiger partial charge in [-0.05, 0) is 48.1 Å². The van der Waals surface area contributed by atoms with Gasteiger partial charge in [0, 0.05) is 18.7 Å². The quantitative estimate of drug-likeness (QED) is 0.728. The molecule has 0 radical (unpaired) electrons. The van der Waals surface area contributed by atoms with Crippen LogP contribution in [0.5, 0.6) is 0 Å². The molecular weight excluding hydrogens is 320 g/mol. The molecule has 4 atom stereocenters. The van der Waals surface area contributed by atoms with Crippen molar-refractivity contribution >= 4 is 18.3 Å². The van der Waals surface area contributed by atoms with Crippen LogP contribution >= 0.6 is 0 Å². The molecule has 1 aromatic carbocycles. The molecular formula is C19H22N2O4. The summed E-state index contributed by atoms with van der Waals surface area (Å²) < 4.78 is 0. The Morgan fingerprint density at radius 1 is 1.20 bits per heavy atom. The van der Waals surface area contributed by atoms with Crippen molar-refractivity contribution in [2.45, 2.75) is 31.2 Å². The molecule has 6 heteroatoms. The molecule has 3 aliphatic rings. The van der Waals surface area contributed by atoms with Crippen molar-refractivity contribution in [3.63, 3.8) is 0 Å². The fourth-order valence-electron chi connectivity index (χ4n) is 4.03. The van der Waals surface area contributed by atoms with E-state index in [9.17, 15) is 9.59 Å². The fourth-order valence-corrected chi connectivity index (χ4v) is 4.03. The van der Waals surface area contributed by atoms with Crippen LogP contribution in [0, 0.1) is 11.8 Å². The summed E-state index contributed by atoms with van der Waals surface area (Å²) in [5.74, 6) is 0.206. The summed E-state index contributed by atoms with van der Waals surface area (Å²) in [7, 11) is 0. The molecule has 0 amide bonds. The molecule has 3 N–H and O–H groups in total. The molecule has 25 heavy (non-hydrogen) atoms. The topological polar surface area (TPSA) is 99.0 Å². The van der Waals surface area contributed by atoms with Gasteiger partial charge in [0.25, 0.3) is 0 Å². The van der Waals surface area contributed by atoms with Crippen LogP contribution in [0.15, 0.2) is 41.4 Å². The van der Waals surface area contributed by atoms with Crippen molar-refractivity contribution < 1.29 is 19.8 Å². The summed E-state index contributed by atoms with van der Waals surface area (Å²) in [6.07, 6.45) is 6.97. The van der Waals surface area contributed by atoms with E-state index in [-0.39, 0.29) is 0 Å². The number of hydrogen-bond acceptors (Lipinski definition) is 4. The number of fused-ring (bicyclic) bond motifs is 3. The molecule has 1 fully saturated rings. The zero-order valence-electron chi connectivity index (χ0n) is 13.8. The van der Waals surface area contributed by atoms with Crippen molar-refractivity contribution in [1.29, 1.82) is 0 Å². The monoisotopic (exact) mass is 342 g/mol. The number of benzene rings is 1. The van der Waals surface area contributed by atoms with Crippen LogP contribution in [0.1, 0.15) is 29.9 Å². The first-order chi connectivity index (χ1) is 12.1. The van der Waals surface area contributed by atoms with Gasteiger partial charge in [-0.15, -0.1) is 0 Å². The van der Waals surface area contributed by atoms with Crippen molar-refractivity contribution in [3.8, 4) is 0 Å². The number of aliphatic carboxylic acids is 2. The molecule has 0 aromatic heterocycles. The second kappa shape index (κ2) is 7.51. The van der Waals surface area contributed by atoms with E-state index in [0.717, 1.165) is 24.3 Å². The first-order valence-corrected chi connectivity index (χ1v) is 8.53. The average Bonchev–Trinajstić information content (AvgIpc) is 3.04. The number of carbonyl (C=O) groups is 2. The number of carboxylic acids is 2. The van der Waals surface area contributed by atoms with E-state index in [1.807, 2.05) is 6.34 Å². The highest BCUT2D eigenvalue weighted by Gasteiger charge is 2.53. The van der Waals surface area contributed by atoms with E-state index in [0.29, 0.717) is 18.2 Å². The Morgan fingerprint density at radius 3 is 2.56 bits per heavy atom. The van der Waals surface area contributed by atoms with E-state index in [4.69, 9.17) is 10.2 Å². The Morgan fingerprint density at radius 2 is 1.92 bits per heavy atom. The van der Waals surface area contributed by atoms with Crippen molar-refractivity contribution in [3.05, 3.63) is 47.5 Å². The standard InChI is InChI=1S/C15H18N2.C4H4O4/c1-2-4-12-10(3-1)5-6-13-14(15(12)13)7-11-8-16-9-17-11;5-3(6)1-2-4(7)8/h1-4,9,11,13-15H,5-8H2,(H,16,17);1-2H,(H,5,6)(H,7,8). The molecule has 0 bridgehead atoms. The fraction of sp³-hybridized carbons (Fsp3) is 0.421. The molecule has 4 unspecified atom stereocenters. The SMILES string of the molecule is C1=NC(CC2C3CCc4ccccc4C32)CN1.O=C(O)C=CC(=O)O. The Labute approximate surface area is 146 Å². The highest BCUT2D eigenvalue weighted by Crippen LogP contribution is 2.61. The summed E-state index contributed by atoms with van der Waals surface area (Å²) in [4.78, 5) is 23.6. The van der Waals surface area contributed by atoms with E-state index in [1.165, 1.54) is 19.3 Å². The molecule has 6 nitrogen and oxygen atoms in total. The van der Waals surface area contributed by atoms with Crippen LogP contribution in [0.4, 0.5) is 0 Å². The summed E-state index contributed by atoms with van der Waals surface area (Å²) in [5.41, 5.74) is 3.24. The summed E-state index contributed by atoms with van der Waals surface area (Å²) >= 11 is 0. The predicted octanol–water partition coefficient (Wildman–Crippen LogP) is 2.06. The third-order valence-corrected chi connectivity index (χ3v) is 5.14. The maximum absolute atomic E-state index is 9.55. The van der Waals surface area contributed by atoms with Gasteiger partial charge in [0.1, 0.15) is 0 Å². The molecule has 1 saturated carbocycles. The number of nitrogens with one attached hydrogen (secondary N) is 1. The number of nitrogens with zero attached hydrogens (tertiary/aromatic N) is 1. The lowest BCUT2D eigenvalue weighted by Gasteiger charge is -2.13. The number of hydrogen-bond donors (Lipinski definition) is 3. The predicted molar refractivity (Wildman–Crippen MR) is 93.8 cm³/mol. The molecule has 1 aromatic rings. The van der Waals surface area contributed by atoms with Crippen LogP contribution in [-0.2, 0) is 16.0 Å². The van der Waals surface area contributed by atoms with E-state index in [2.05, 4.69) is 34.6 Å². The normalized spacial score (nSPS) is 28.3. The van der Waals surface area contributed by atoms with Gasteiger partial charge in [-0.25, -0.2) is 9.59 Å². The maximum atomic E-state index is 9.55. The van der Waals surface area contributed by atoms with E-state index in [1.54, 1.807) is 11.1 Å². The van der Waals surface area contributed by atoms with Crippen LogP contribution in [-0.4, -0.2) is 41.1 Å². The van der Waals surface area contributed by atoms with Gasteiger partial charge in [-0.2, -0.15) is 0 Å². The number of carboxylic acid groups (broad SMARTS) is 2. The third-order valence-electron chi connectivity index (χ3n) is 5.14. The minimum absolute atomic E-state index is 0.540. The Kier molecular flexibility index (Phi) is 5.16. The first kappa shape index (κ1) is 17.2. The van der Waals surface area contributed by atoms with Gasteiger partial charge in [0.05, 0.1) is 12.4 Å². The third kappa shape index (κ3) is 4.26. The van der Waals surface area contributed by atoms with Crippen molar-refractivity contribution in [2.24, 2.45) is 16.8 Å². The molecule has 1 heterocycles. The highest BCUT2D eigenvalue weighted by molar-refractivity contribution is 5.89. The Balaban J connectivity index is 0.000000197. The van der Waals surface area contributed by atoms with Crippen LogP contribution in [0.2, 0.25) is 0 Å². The lowest BCUT2D eigenvalue weighted by atomic mass is 9.92. The zero-order valence-corrected chi connectivity index (χ0v) is 13.8. The van der Waals surface area contributed by atoms with Crippen molar-refractivity contribution in [1.82, 2.24) is 5.32 Å². The summed E-state index contributed by atoms with van der Waals surface area (Å²) in [6.45, 7) is 1.05. The van der Waals surface area contributed by atoms with Crippen LogP contribution in [0.3, 0.4) is 0 Å². The van der Waals surface area contributed by atoms with Gasteiger partial charge in [-0.1, -0.05) is 24.3 Å². The zero-order chi connectivity index (χ0) is 17.8. The number of rotatable bonds is 4. The van der Waals surface area contributed by atoms with Gasteiger partial charge in [-0.3, -0.25) is 4.99 Å². The molecule has 1 aliphatic heterocycles. The summed E-state index contributed by atoms with van der Waals surface area (Å²) in [6, 6.07) is 9.59.